The molecular formula is C19H22N5O3PS. The van der Waals surface area contributed by atoms with Crippen LogP contribution >= 0.6 is 20.6 Å². The highest BCUT2D eigenvalue weighted by Crippen LogP contribution is 2.35. The second-order valence-electron chi connectivity index (χ2n) is 6.29. The van der Waals surface area contributed by atoms with E-state index in [-0.39, 0.29) is 11.8 Å². The van der Waals surface area contributed by atoms with Gasteiger partial charge in [0.25, 0.3) is 11.8 Å². The van der Waals surface area contributed by atoms with Gasteiger partial charge in [0.2, 0.25) is 0 Å². The Morgan fingerprint density at radius 3 is 2.72 bits per heavy atom. The lowest BCUT2D eigenvalue weighted by molar-refractivity contribution is 0.0537. The SMILES string of the molecule is CONC(=O)c1ccc(C)c(Nc2ncnc3sc(C(=O)NCCP)c(C)c23)c1. The van der Waals surface area contributed by atoms with Gasteiger partial charge in [-0.2, -0.15) is 0 Å². The average molecular weight is 431 g/mol. The first-order valence-electron chi connectivity index (χ1n) is 8.89. The number of fused-ring (bicyclic) bond motifs is 1. The van der Waals surface area contributed by atoms with Gasteiger partial charge in [0.05, 0.1) is 17.4 Å². The summed E-state index contributed by atoms with van der Waals surface area (Å²) < 4.78 is 0. The highest BCUT2D eigenvalue weighted by Gasteiger charge is 2.19. The second kappa shape index (κ2) is 9.26. The monoisotopic (exact) mass is 431 g/mol. The fourth-order valence-electron chi connectivity index (χ4n) is 2.83. The molecule has 2 amide bonds. The summed E-state index contributed by atoms with van der Waals surface area (Å²) in [7, 11) is 3.97. The molecule has 0 aliphatic carbocycles. The van der Waals surface area contributed by atoms with Gasteiger partial charge in [-0.3, -0.25) is 14.4 Å². The van der Waals surface area contributed by atoms with Gasteiger partial charge in [0, 0.05) is 17.8 Å². The maximum Gasteiger partial charge on any atom is 0.274 e. The predicted molar refractivity (Wildman–Crippen MR) is 118 cm³/mol. The molecule has 0 aliphatic rings. The molecule has 1 unspecified atom stereocenters. The minimum absolute atomic E-state index is 0.117. The Morgan fingerprint density at radius 2 is 2.00 bits per heavy atom. The second-order valence-corrected chi connectivity index (χ2v) is 7.87. The zero-order valence-electron chi connectivity index (χ0n) is 16.3. The molecule has 0 saturated carbocycles. The maximum atomic E-state index is 12.5. The molecule has 152 valence electrons. The van der Waals surface area contributed by atoms with Crippen LogP contribution in [0.1, 0.15) is 31.2 Å². The topological polar surface area (TPSA) is 105 Å². The van der Waals surface area contributed by atoms with Gasteiger partial charge in [-0.1, -0.05) is 6.07 Å². The van der Waals surface area contributed by atoms with Crippen LogP contribution in [0.5, 0.6) is 0 Å². The fraction of sp³-hybridized carbons (Fsp3) is 0.263. The number of nitrogens with zero attached hydrogens (tertiary/aromatic N) is 2. The van der Waals surface area contributed by atoms with E-state index in [1.54, 1.807) is 12.1 Å². The number of rotatable bonds is 7. The summed E-state index contributed by atoms with van der Waals surface area (Å²) >= 11 is 1.34. The molecule has 0 bridgehead atoms. The van der Waals surface area contributed by atoms with Crippen molar-refractivity contribution >= 4 is 54.1 Å². The van der Waals surface area contributed by atoms with Crippen LogP contribution in [0.25, 0.3) is 10.2 Å². The quantitative estimate of drug-likeness (QED) is 0.392. The molecule has 1 atom stereocenters. The third kappa shape index (κ3) is 4.53. The first kappa shape index (κ1) is 21.1. The third-order valence-electron chi connectivity index (χ3n) is 4.31. The molecule has 0 fully saturated rings. The minimum atomic E-state index is -0.344. The number of hydrogen-bond acceptors (Lipinski definition) is 7. The number of amides is 2. The van der Waals surface area contributed by atoms with E-state index in [0.29, 0.717) is 22.8 Å². The Hall–Kier alpha value is -2.61. The molecular weight excluding hydrogens is 409 g/mol. The standard InChI is InChI=1S/C19H22N5O3PS/c1-10-4-5-12(17(25)24-27-3)8-13(10)23-16-14-11(2)15(18(26)20-6-7-28)29-19(14)22-9-21-16/h4-5,8-9H,6-7,28H2,1-3H3,(H,20,26)(H,24,25)(H,21,22,23). The van der Waals surface area contributed by atoms with Crippen molar-refractivity contribution in [2.75, 3.05) is 25.1 Å². The normalized spacial score (nSPS) is 10.8. The van der Waals surface area contributed by atoms with Gasteiger partial charge < -0.3 is 10.6 Å². The van der Waals surface area contributed by atoms with Gasteiger partial charge in [-0.15, -0.1) is 20.6 Å². The van der Waals surface area contributed by atoms with Gasteiger partial charge in [-0.05, 0) is 43.3 Å². The Labute approximate surface area is 174 Å². The van der Waals surface area contributed by atoms with E-state index in [0.717, 1.165) is 33.2 Å². The lowest BCUT2D eigenvalue weighted by Gasteiger charge is -2.12. The molecule has 2 heterocycles. The summed E-state index contributed by atoms with van der Waals surface area (Å²) in [5.41, 5.74) is 5.25. The Morgan fingerprint density at radius 1 is 1.21 bits per heavy atom. The first-order valence-corrected chi connectivity index (χ1v) is 10.5. The molecule has 10 heteroatoms. The molecule has 1 aromatic carbocycles. The largest absolute Gasteiger partial charge is 0.351 e. The van der Waals surface area contributed by atoms with Crippen molar-refractivity contribution in [2.24, 2.45) is 0 Å². The maximum absolute atomic E-state index is 12.5. The summed E-state index contributed by atoms with van der Waals surface area (Å²) in [5, 5.41) is 6.97. The van der Waals surface area contributed by atoms with Crippen LogP contribution in [0.2, 0.25) is 0 Å². The van der Waals surface area contributed by atoms with Crippen LogP contribution in [0.15, 0.2) is 24.5 Å². The predicted octanol–water partition coefficient (Wildman–Crippen LogP) is 2.95. The number of hydrogen-bond donors (Lipinski definition) is 3. The van der Waals surface area contributed by atoms with Crippen LogP contribution in [0.3, 0.4) is 0 Å². The minimum Gasteiger partial charge on any atom is -0.351 e. The number of carbonyl (C=O) groups is 2. The lowest BCUT2D eigenvalue weighted by Crippen LogP contribution is -2.24. The van der Waals surface area contributed by atoms with E-state index >= 15 is 0 Å². The molecule has 0 saturated heterocycles. The number of nitrogens with one attached hydrogen (secondary N) is 3. The van der Waals surface area contributed by atoms with Gasteiger partial charge >= 0.3 is 0 Å². The lowest BCUT2D eigenvalue weighted by atomic mass is 10.1. The van der Waals surface area contributed by atoms with E-state index in [1.807, 2.05) is 19.9 Å². The van der Waals surface area contributed by atoms with Crippen molar-refractivity contribution in [3.05, 3.63) is 46.1 Å². The van der Waals surface area contributed by atoms with Crippen molar-refractivity contribution in [3.63, 3.8) is 0 Å². The smallest absolute Gasteiger partial charge is 0.274 e. The van der Waals surface area contributed by atoms with Crippen LogP contribution in [-0.2, 0) is 4.84 Å². The third-order valence-corrected chi connectivity index (χ3v) is 5.80. The summed E-state index contributed by atoms with van der Waals surface area (Å²) in [6.07, 6.45) is 2.25. The molecule has 3 aromatic rings. The number of aromatic nitrogens is 2. The molecule has 8 nitrogen and oxygen atoms in total. The average Bonchev–Trinajstić information content (AvgIpc) is 3.05. The highest BCUT2D eigenvalue weighted by atomic mass is 32.1. The molecule has 3 N–H and O–H groups in total. The zero-order valence-corrected chi connectivity index (χ0v) is 18.3. The molecule has 3 rings (SSSR count). The van der Waals surface area contributed by atoms with E-state index in [9.17, 15) is 9.59 Å². The van der Waals surface area contributed by atoms with Crippen LogP contribution in [0, 0.1) is 13.8 Å². The molecule has 0 spiro atoms. The van der Waals surface area contributed by atoms with Crippen molar-refractivity contribution < 1.29 is 14.4 Å². The Bertz CT molecular complexity index is 1070. The molecule has 29 heavy (non-hydrogen) atoms. The highest BCUT2D eigenvalue weighted by molar-refractivity contribution is 7.20. The van der Waals surface area contributed by atoms with Crippen molar-refractivity contribution in [1.82, 2.24) is 20.8 Å². The molecule has 0 aliphatic heterocycles. The van der Waals surface area contributed by atoms with Crippen LogP contribution in [-0.4, -0.2) is 41.6 Å². The zero-order chi connectivity index (χ0) is 21.0. The number of benzene rings is 1. The van der Waals surface area contributed by atoms with E-state index in [1.165, 1.54) is 24.8 Å². The molecule has 2 aromatic heterocycles. The van der Waals surface area contributed by atoms with Crippen molar-refractivity contribution in [3.8, 4) is 0 Å². The van der Waals surface area contributed by atoms with Crippen LogP contribution < -0.4 is 16.1 Å². The van der Waals surface area contributed by atoms with Gasteiger partial charge in [0.1, 0.15) is 17.0 Å². The number of aryl methyl sites for hydroxylation is 2. The number of anilines is 2. The number of thiophene rings is 1. The summed E-state index contributed by atoms with van der Waals surface area (Å²) in [4.78, 5) is 39.3. The van der Waals surface area contributed by atoms with E-state index in [2.05, 4.69) is 35.3 Å². The number of carbonyl (C=O) groups excluding carboxylic acids is 2. The number of hydroxylamine groups is 1. The van der Waals surface area contributed by atoms with E-state index in [4.69, 9.17) is 4.84 Å². The first-order chi connectivity index (χ1) is 14.0. The van der Waals surface area contributed by atoms with Crippen LogP contribution in [0.4, 0.5) is 11.5 Å². The molecule has 0 radical (unpaired) electrons. The summed E-state index contributed by atoms with van der Waals surface area (Å²) in [6.45, 7) is 4.41. The Kier molecular flexibility index (Phi) is 6.74. The Balaban J connectivity index is 1.99. The van der Waals surface area contributed by atoms with Gasteiger partial charge in [0.15, 0.2) is 0 Å². The summed E-state index contributed by atoms with van der Waals surface area (Å²) in [6, 6.07) is 5.29. The summed E-state index contributed by atoms with van der Waals surface area (Å²) in [5.74, 6) is 0.123. The van der Waals surface area contributed by atoms with Gasteiger partial charge in [-0.25, -0.2) is 15.4 Å². The van der Waals surface area contributed by atoms with Crippen molar-refractivity contribution in [2.45, 2.75) is 13.8 Å². The van der Waals surface area contributed by atoms with E-state index < -0.39 is 0 Å². The fourth-order valence-corrected chi connectivity index (χ4v) is 4.04. The van der Waals surface area contributed by atoms with Crippen molar-refractivity contribution in [1.29, 1.82) is 0 Å².